The number of carbonyl (C=O) groups is 1. The summed E-state index contributed by atoms with van der Waals surface area (Å²) in [6.45, 7) is 4.17. The lowest BCUT2D eigenvalue weighted by molar-refractivity contribution is -0.121. The number of methoxy groups -OCH3 is 1. The minimum Gasteiger partial charge on any atom is -0.481 e. The molecule has 1 amide bonds. The van der Waals surface area contributed by atoms with Crippen LogP contribution in [-0.4, -0.2) is 35.6 Å². The Hall–Kier alpha value is -2.05. The summed E-state index contributed by atoms with van der Waals surface area (Å²) in [5, 5.41) is 5.62. The Labute approximate surface area is 99.8 Å². The highest BCUT2D eigenvalue weighted by molar-refractivity contribution is 5.83. The number of carbonyl (C=O) groups excluding carboxylic acids is 1. The summed E-state index contributed by atoms with van der Waals surface area (Å²) < 4.78 is 4.95. The molecule has 0 aliphatic carbocycles. The zero-order valence-corrected chi connectivity index (χ0v) is 10.2. The Bertz CT molecular complexity index is 396. The Morgan fingerprint density at radius 1 is 1.59 bits per heavy atom. The van der Waals surface area contributed by atoms with Gasteiger partial charge in [-0.05, 0) is 13.8 Å². The van der Waals surface area contributed by atoms with Crippen molar-refractivity contribution in [1.82, 2.24) is 15.3 Å². The van der Waals surface area contributed by atoms with Gasteiger partial charge in [0.15, 0.2) is 0 Å². The number of aromatic nitrogens is 2. The van der Waals surface area contributed by atoms with E-state index in [0.29, 0.717) is 18.2 Å². The van der Waals surface area contributed by atoms with Gasteiger partial charge in [0.1, 0.15) is 11.9 Å². The summed E-state index contributed by atoms with van der Waals surface area (Å²) in [5.41, 5.74) is 5.50. The van der Waals surface area contributed by atoms with Crippen LogP contribution in [0.25, 0.3) is 0 Å². The van der Waals surface area contributed by atoms with Crippen LogP contribution in [0, 0.1) is 0 Å². The molecule has 7 nitrogen and oxygen atoms in total. The van der Waals surface area contributed by atoms with Crippen molar-refractivity contribution in [2.45, 2.75) is 19.9 Å². The number of anilines is 2. The predicted molar refractivity (Wildman–Crippen MR) is 64.8 cm³/mol. The number of nitrogen functional groups attached to an aromatic ring is 1. The summed E-state index contributed by atoms with van der Waals surface area (Å²) in [6.07, 6.45) is 0. The molecule has 0 aliphatic rings. The number of nitrogens with one attached hydrogen (secondary N) is 2. The van der Waals surface area contributed by atoms with Crippen molar-refractivity contribution in [1.29, 1.82) is 0 Å². The molecule has 17 heavy (non-hydrogen) atoms. The van der Waals surface area contributed by atoms with Gasteiger partial charge in [0.2, 0.25) is 17.7 Å². The summed E-state index contributed by atoms with van der Waals surface area (Å²) >= 11 is 0. The van der Waals surface area contributed by atoms with E-state index < -0.39 is 6.04 Å². The molecule has 94 valence electrons. The highest BCUT2D eigenvalue weighted by Gasteiger charge is 2.13. The van der Waals surface area contributed by atoms with Gasteiger partial charge in [-0.3, -0.25) is 4.79 Å². The maximum atomic E-state index is 11.5. The standard InChI is InChI=1S/C10H17N5O2/c1-4-12-9(16)6(2)13-7-5-8(17-3)15-10(11)14-7/h5-6H,4H2,1-3H3,(H,12,16)(H3,11,13,14,15). The van der Waals surface area contributed by atoms with E-state index in [0.717, 1.165) is 0 Å². The normalized spacial score (nSPS) is 11.7. The average Bonchev–Trinajstić information content (AvgIpc) is 2.28. The van der Waals surface area contributed by atoms with Gasteiger partial charge in [0.05, 0.1) is 7.11 Å². The fourth-order valence-corrected chi connectivity index (χ4v) is 1.24. The summed E-state index contributed by atoms with van der Waals surface area (Å²) in [6, 6.07) is 1.17. The van der Waals surface area contributed by atoms with Gasteiger partial charge < -0.3 is 21.1 Å². The largest absolute Gasteiger partial charge is 0.481 e. The molecular formula is C10H17N5O2. The van der Waals surface area contributed by atoms with E-state index in [4.69, 9.17) is 10.5 Å². The highest BCUT2D eigenvalue weighted by Crippen LogP contribution is 2.14. The first-order chi connectivity index (χ1) is 8.06. The first-order valence-corrected chi connectivity index (χ1v) is 5.29. The van der Waals surface area contributed by atoms with Crippen molar-refractivity contribution in [3.05, 3.63) is 6.07 Å². The Balaban J connectivity index is 2.73. The topological polar surface area (TPSA) is 102 Å². The van der Waals surface area contributed by atoms with Gasteiger partial charge in [0.25, 0.3) is 0 Å². The third kappa shape index (κ3) is 3.78. The number of ether oxygens (including phenoxy) is 1. The first-order valence-electron chi connectivity index (χ1n) is 5.29. The fraction of sp³-hybridized carbons (Fsp3) is 0.500. The minimum absolute atomic E-state index is 0.0925. The molecule has 0 saturated carbocycles. The van der Waals surface area contributed by atoms with E-state index in [1.165, 1.54) is 7.11 Å². The monoisotopic (exact) mass is 239 g/mol. The number of rotatable bonds is 5. The lowest BCUT2D eigenvalue weighted by Crippen LogP contribution is -2.37. The van der Waals surface area contributed by atoms with E-state index in [1.807, 2.05) is 6.92 Å². The van der Waals surface area contributed by atoms with Crippen molar-refractivity contribution in [3.63, 3.8) is 0 Å². The van der Waals surface area contributed by atoms with Gasteiger partial charge in [-0.1, -0.05) is 0 Å². The smallest absolute Gasteiger partial charge is 0.242 e. The first kappa shape index (κ1) is 13.0. The number of hydrogen-bond acceptors (Lipinski definition) is 6. The van der Waals surface area contributed by atoms with Crippen LogP contribution in [0.15, 0.2) is 6.07 Å². The summed E-state index contributed by atoms with van der Waals surface area (Å²) in [7, 11) is 1.48. The quantitative estimate of drug-likeness (QED) is 0.668. The molecule has 0 fully saturated rings. The molecular weight excluding hydrogens is 222 g/mol. The lowest BCUT2D eigenvalue weighted by atomic mass is 10.3. The Kier molecular flexibility index (Phi) is 4.50. The number of nitrogens with zero attached hydrogens (tertiary/aromatic N) is 2. The molecule has 0 saturated heterocycles. The van der Waals surface area contributed by atoms with Crippen LogP contribution >= 0.6 is 0 Å². The number of likely N-dealkylation sites (N-methyl/N-ethyl adjacent to an activating group) is 1. The van der Waals surface area contributed by atoms with Gasteiger partial charge in [-0.2, -0.15) is 9.97 Å². The van der Waals surface area contributed by atoms with E-state index in [9.17, 15) is 4.79 Å². The highest BCUT2D eigenvalue weighted by atomic mass is 16.5. The zero-order chi connectivity index (χ0) is 12.8. The second-order valence-electron chi connectivity index (χ2n) is 3.41. The molecule has 4 N–H and O–H groups in total. The zero-order valence-electron chi connectivity index (χ0n) is 10.2. The van der Waals surface area contributed by atoms with Crippen molar-refractivity contribution in [2.75, 3.05) is 24.7 Å². The molecule has 1 atom stereocenters. The van der Waals surface area contributed by atoms with E-state index in [1.54, 1.807) is 13.0 Å². The Morgan fingerprint density at radius 3 is 2.88 bits per heavy atom. The molecule has 1 unspecified atom stereocenters. The maximum absolute atomic E-state index is 11.5. The second-order valence-corrected chi connectivity index (χ2v) is 3.41. The third-order valence-electron chi connectivity index (χ3n) is 2.04. The van der Waals surface area contributed by atoms with Crippen molar-refractivity contribution < 1.29 is 9.53 Å². The molecule has 1 aromatic rings. The lowest BCUT2D eigenvalue weighted by Gasteiger charge is -2.14. The SMILES string of the molecule is CCNC(=O)C(C)Nc1cc(OC)nc(N)n1. The van der Waals surface area contributed by atoms with Gasteiger partial charge in [-0.25, -0.2) is 0 Å². The molecule has 0 aliphatic heterocycles. The van der Waals surface area contributed by atoms with Crippen molar-refractivity contribution in [2.24, 2.45) is 0 Å². The van der Waals surface area contributed by atoms with E-state index in [-0.39, 0.29) is 11.9 Å². The van der Waals surface area contributed by atoms with Crippen LogP contribution in [0.5, 0.6) is 5.88 Å². The van der Waals surface area contributed by atoms with Gasteiger partial charge in [0, 0.05) is 12.6 Å². The number of nitrogens with two attached hydrogens (primary N) is 1. The van der Waals surface area contributed by atoms with Crippen LogP contribution in [0.1, 0.15) is 13.8 Å². The molecule has 0 spiro atoms. The molecule has 0 aromatic carbocycles. The molecule has 0 bridgehead atoms. The summed E-state index contributed by atoms with van der Waals surface area (Å²) in [4.78, 5) is 19.3. The number of hydrogen-bond donors (Lipinski definition) is 3. The average molecular weight is 239 g/mol. The van der Waals surface area contributed by atoms with Crippen molar-refractivity contribution in [3.8, 4) is 5.88 Å². The maximum Gasteiger partial charge on any atom is 0.242 e. The third-order valence-corrected chi connectivity index (χ3v) is 2.04. The Morgan fingerprint density at radius 2 is 2.29 bits per heavy atom. The van der Waals surface area contributed by atoms with Crippen LogP contribution in [0.4, 0.5) is 11.8 Å². The van der Waals surface area contributed by atoms with Crippen LogP contribution in [0.2, 0.25) is 0 Å². The van der Waals surface area contributed by atoms with Crippen molar-refractivity contribution >= 4 is 17.7 Å². The molecule has 1 rings (SSSR count). The van der Waals surface area contributed by atoms with Crippen LogP contribution < -0.4 is 21.1 Å². The second kappa shape index (κ2) is 5.88. The van der Waals surface area contributed by atoms with Gasteiger partial charge in [-0.15, -0.1) is 0 Å². The molecule has 1 heterocycles. The molecule has 1 aromatic heterocycles. The summed E-state index contributed by atoms with van der Waals surface area (Å²) in [5.74, 6) is 0.787. The van der Waals surface area contributed by atoms with Crippen LogP contribution in [-0.2, 0) is 4.79 Å². The predicted octanol–water partition coefficient (Wildman–Crippen LogP) is 0.00390. The van der Waals surface area contributed by atoms with E-state index >= 15 is 0 Å². The minimum atomic E-state index is -0.408. The molecule has 0 radical (unpaired) electrons. The fourth-order valence-electron chi connectivity index (χ4n) is 1.24. The van der Waals surface area contributed by atoms with Crippen LogP contribution in [0.3, 0.4) is 0 Å². The van der Waals surface area contributed by atoms with E-state index in [2.05, 4.69) is 20.6 Å². The number of amides is 1. The van der Waals surface area contributed by atoms with Gasteiger partial charge >= 0.3 is 0 Å². The molecule has 7 heteroatoms.